The molecule has 5 nitrogen and oxygen atoms in total. The van der Waals surface area contributed by atoms with Gasteiger partial charge in [0.15, 0.2) is 0 Å². The summed E-state index contributed by atoms with van der Waals surface area (Å²) >= 11 is 0. The molecule has 2 atom stereocenters. The number of piperidine rings is 1. The number of sulfonamides is 1. The standard InChI is InChI=1S/C14H28N2O3S/c1-11(9-14(2,3)4)8-13(17)16-7-5-6-12(10-16)20(15,18)19/h11-12H,5-10H2,1-4H3,(H2,15,18,19). The number of rotatable bonds is 4. The van der Waals surface area contributed by atoms with E-state index in [4.69, 9.17) is 5.14 Å². The van der Waals surface area contributed by atoms with E-state index in [1.54, 1.807) is 4.90 Å². The molecule has 20 heavy (non-hydrogen) atoms. The summed E-state index contributed by atoms with van der Waals surface area (Å²) in [5.41, 5.74) is 0.199. The van der Waals surface area contributed by atoms with Crippen molar-refractivity contribution in [3.8, 4) is 0 Å². The van der Waals surface area contributed by atoms with Crippen LogP contribution >= 0.6 is 0 Å². The minimum atomic E-state index is -3.54. The first kappa shape index (κ1) is 17.4. The SMILES string of the molecule is CC(CC(=O)N1CCCC(S(N)(=O)=O)C1)CC(C)(C)C. The van der Waals surface area contributed by atoms with E-state index >= 15 is 0 Å². The molecule has 0 aromatic rings. The van der Waals surface area contributed by atoms with Crippen LogP contribution in [-0.2, 0) is 14.8 Å². The first-order valence-electron chi connectivity index (χ1n) is 7.28. The van der Waals surface area contributed by atoms with Crippen molar-refractivity contribution in [1.82, 2.24) is 4.90 Å². The summed E-state index contributed by atoms with van der Waals surface area (Å²) in [6.45, 7) is 9.45. The first-order valence-corrected chi connectivity index (χ1v) is 8.89. The van der Waals surface area contributed by atoms with Crippen LogP contribution in [0.3, 0.4) is 0 Å². The average molecular weight is 304 g/mol. The van der Waals surface area contributed by atoms with Gasteiger partial charge in [-0.1, -0.05) is 27.7 Å². The zero-order valence-electron chi connectivity index (χ0n) is 13.1. The number of nitrogens with zero attached hydrogens (tertiary/aromatic N) is 1. The fourth-order valence-electron chi connectivity index (χ4n) is 2.98. The van der Waals surface area contributed by atoms with E-state index in [1.807, 2.05) is 0 Å². The van der Waals surface area contributed by atoms with Crippen molar-refractivity contribution in [3.05, 3.63) is 0 Å². The Morgan fingerprint density at radius 2 is 2.00 bits per heavy atom. The number of hydrogen-bond donors (Lipinski definition) is 1. The van der Waals surface area contributed by atoms with E-state index in [0.717, 1.165) is 6.42 Å². The third-order valence-corrected chi connectivity index (χ3v) is 4.99. The molecule has 1 aliphatic heterocycles. The predicted molar refractivity (Wildman–Crippen MR) is 80.6 cm³/mol. The lowest BCUT2D eigenvalue weighted by Crippen LogP contribution is -2.47. The van der Waals surface area contributed by atoms with Gasteiger partial charge >= 0.3 is 0 Å². The zero-order chi connectivity index (χ0) is 15.6. The van der Waals surface area contributed by atoms with Gasteiger partial charge < -0.3 is 4.90 Å². The molecular formula is C14H28N2O3S. The lowest BCUT2D eigenvalue weighted by molar-refractivity contribution is -0.133. The minimum absolute atomic E-state index is 0.0510. The fourth-order valence-corrected chi connectivity index (χ4v) is 3.86. The second-order valence-corrected chi connectivity index (χ2v) is 9.11. The lowest BCUT2D eigenvalue weighted by atomic mass is 9.84. The van der Waals surface area contributed by atoms with E-state index in [2.05, 4.69) is 27.7 Å². The van der Waals surface area contributed by atoms with Crippen LogP contribution in [0.25, 0.3) is 0 Å². The number of nitrogens with two attached hydrogens (primary N) is 1. The molecule has 1 amide bonds. The van der Waals surface area contributed by atoms with Crippen LogP contribution in [0.15, 0.2) is 0 Å². The maximum Gasteiger partial charge on any atom is 0.222 e. The van der Waals surface area contributed by atoms with E-state index in [0.29, 0.717) is 31.7 Å². The van der Waals surface area contributed by atoms with Gasteiger partial charge in [0.05, 0.1) is 5.25 Å². The summed E-state index contributed by atoms with van der Waals surface area (Å²) < 4.78 is 22.8. The molecule has 1 fully saturated rings. The van der Waals surface area contributed by atoms with E-state index in [1.165, 1.54) is 0 Å². The van der Waals surface area contributed by atoms with Crippen LogP contribution in [0, 0.1) is 11.3 Å². The number of primary sulfonamides is 1. The van der Waals surface area contributed by atoms with Crippen LogP contribution in [-0.4, -0.2) is 37.6 Å². The Hall–Kier alpha value is -0.620. The van der Waals surface area contributed by atoms with E-state index < -0.39 is 15.3 Å². The van der Waals surface area contributed by atoms with Crippen molar-refractivity contribution in [1.29, 1.82) is 0 Å². The van der Waals surface area contributed by atoms with Crippen molar-refractivity contribution in [2.75, 3.05) is 13.1 Å². The molecule has 0 radical (unpaired) electrons. The van der Waals surface area contributed by atoms with Crippen molar-refractivity contribution in [3.63, 3.8) is 0 Å². The molecule has 118 valence electrons. The van der Waals surface area contributed by atoms with Crippen LogP contribution in [0.5, 0.6) is 0 Å². The number of carbonyl (C=O) groups is 1. The van der Waals surface area contributed by atoms with Crippen LogP contribution in [0.1, 0.15) is 53.4 Å². The molecule has 1 heterocycles. The zero-order valence-corrected chi connectivity index (χ0v) is 13.9. The van der Waals surface area contributed by atoms with Gasteiger partial charge in [-0.2, -0.15) is 0 Å². The summed E-state index contributed by atoms with van der Waals surface area (Å²) in [5, 5.41) is 4.59. The Kier molecular flexibility index (Phi) is 5.61. The number of amides is 1. The van der Waals surface area contributed by atoms with Gasteiger partial charge in [0.2, 0.25) is 15.9 Å². The molecule has 1 rings (SSSR count). The van der Waals surface area contributed by atoms with Gasteiger partial charge in [0.25, 0.3) is 0 Å². The fraction of sp³-hybridized carbons (Fsp3) is 0.929. The first-order chi connectivity index (χ1) is 8.99. The molecule has 0 bridgehead atoms. The second kappa shape index (κ2) is 6.43. The highest BCUT2D eigenvalue weighted by molar-refractivity contribution is 7.89. The van der Waals surface area contributed by atoms with Gasteiger partial charge in [-0.25, -0.2) is 13.6 Å². The Labute approximate surface area is 122 Å². The topological polar surface area (TPSA) is 80.5 Å². The number of carbonyl (C=O) groups excluding carboxylic acids is 1. The van der Waals surface area contributed by atoms with Gasteiger partial charge in [-0.15, -0.1) is 0 Å². The summed E-state index contributed by atoms with van der Waals surface area (Å²) in [6, 6.07) is 0. The molecule has 1 aliphatic rings. The molecule has 0 saturated carbocycles. The lowest BCUT2D eigenvalue weighted by Gasteiger charge is -2.33. The normalized spacial score (nSPS) is 22.6. The number of hydrogen-bond acceptors (Lipinski definition) is 3. The van der Waals surface area contributed by atoms with Crippen molar-refractivity contribution < 1.29 is 13.2 Å². The van der Waals surface area contributed by atoms with Gasteiger partial charge in [0, 0.05) is 19.5 Å². The summed E-state index contributed by atoms with van der Waals surface area (Å²) in [4.78, 5) is 13.9. The highest BCUT2D eigenvalue weighted by Gasteiger charge is 2.31. The molecule has 0 aliphatic carbocycles. The van der Waals surface area contributed by atoms with Gasteiger partial charge in [-0.05, 0) is 30.6 Å². The highest BCUT2D eigenvalue weighted by atomic mass is 32.2. The maximum atomic E-state index is 12.3. The van der Waals surface area contributed by atoms with Crippen molar-refractivity contribution in [2.45, 2.75) is 58.6 Å². The van der Waals surface area contributed by atoms with Crippen LogP contribution in [0.2, 0.25) is 0 Å². The largest absolute Gasteiger partial charge is 0.341 e. The highest BCUT2D eigenvalue weighted by Crippen LogP contribution is 2.27. The third kappa shape index (κ3) is 5.79. The monoisotopic (exact) mass is 304 g/mol. The van der Waals surface area contributed by atoms with Crippen molar-refractivity contribution >= 4 is 15.9 Å². The maximum absolute atomic E-state index is 12.3. The van der Waals surface area contributed by atoms with Gasteiger partial charge in [-0.3, -0.25) is 4.79 Å². The minimum Gasteiger partial charge on any atom is -0.341 e. The summed E-state index contributed by atoms with van der Waals surface area (Å²) in [5.74, 6) is 0.354. The molecular weight excluding hydrogens is 276 g/mol. The molecule has 1 saturated heterocycles. The number of likely N-dealkylation sites (tertiary alicyclic amines) is 1. The van der Waals surface area contributed by atoms with Gasteiger partial charge in [0.1, 0.15) is 0 Å². The van der Waals surface area contributed by atoms with E-state index in [-0.39, 0.29) is 17.9 Å². The van der Waals surface area contributed by atoms with Crippen LogP contribution < -0.4 is 5.14 Å². The Balaban J connectivity index is 2.55. The summed E-state index contributed by atoms with van der Waals surface area (Å²) in [7, 11) is -3.54. The molecule has 2 N–H and O–H groups in total. The average Bonchev–Trinajstić information content (AvgIpc) is 2.25. The quantitative estimate of drug-likeness (QED) is 0.859. The molecule has 6 heteroatoms. The Morgan fingerprint density at radius 3 is 2.50 bits per heavy atom. The van der Waals surface area contributed by atoms with Crippen LogP contribution in [0.4, 0.5) is 0 Å². The summed E-state index contributed by atoms with van der Waals surface area (Å²) in [6.07, 6.45) is 2.72. The Morgan fingerprint density at radius 1 is 1.40 bits per heavy atom. The molecule has 0 aromatic carbocycles. The second-order valence-electron chi connectivity index (χ2n) is 7.27. The Bertz CT molecular complexity index is 440. The molecule has 0 spiro atoms. The third-order valence-electron chi connectivity index (χ3n) is 3.68. The molecule has 2 unspecified atom stereocenters. The molecule has 0 aromatic heterocycles. The van der Waals surface area contributed by atoms with Crippen molar-refractivity contribution in [2.24, 2.45) is 16.5 Å². The smallest absolute Gasteiger partial charge is 0.222 e. The van der Waals surface area contributed by atoms with E-state index in [9.17, 15) is 13.2 Å². The predicted octanol–water partition coefficient (Wildman–Crippen LogP) is 1.73.